The minimum Gasteiger partial charge on any atom is -0.363 e. The van der Waals surface area contributed by atoms with E-state index in [1.165, 1.54) is 29.3 Å². The van der Waals surface area contributed by atoms with Crippen LogP contribution >= 0.6 is 0 Å². The summed E-state index contributed by atoms with van der Waals surface area (Å²) in [6, 6.07) is 5.82. The maximum absolute atomic E-state index is 10.4. The van der Waals surface area contributed by atoms with Crippen LogP contribution in [-0.2, 0) is 4.74 Å². The largest absolute Gasteiger partial charge is 0.363 e. The van der Waals surface area contributed by atoms with Crippen molar-refractivity contribution in [2.75, 3.05) is 20.9 Å². The Morgan fingerprint density at radius 3 is 2.56 bits per heavy atom. The number of ether oxygens (including phenoxy) is 1. The van der Waals surface area contributed by atoms with E-state index in [-0.39, 0.29) is 5.69 Å². The number of nitro benzene ring substituents is 1. The number of nitro groups is 1. The van der Waals surface area contributed by atoms with Crippen molar-refractivity contribution in [2.45, 2.75) is 0 Å². The summed E-state index contributed by atoms with van der Waals surface area (Å²) in [4.78, 5) is 9.93. The summed E-state index contributed by atoms with van der Waals surface area (Å²) in [5.74, 6) is 0. The molecule has 7 heteroatoms. The third-order valence-corrected chi connectivity index (χ3v) is 1.69. The zero-order valence-corrected chi connectivity index (χ0v) is 9.03. The molecule has 1 aromatic rings. The molecule has 0 amide bonds. The number of hydrogen-bond donors (Lipinski definition) is 0. The smallest absolute Gasteiger partial charge is 0.269 e. The molecule has 7 nitrogen and oxygen atoms in total. The Kier molecular flexibility index (Phi) is 4.34. The monoisotopic (exact) mass is 224 g/mol. The maximum Gasteiger partial charge on any atom is 0.269 e. The highest BCUT2D eigenvalue weighted by Gasteiger charge is 2.03. The molecule has 0 atom stereocenters. The Morgan fingerprint density at radius 2 is 2.06 bits per heavy atom. The average molecular weight is 224 g/mol. The molecule has 0 N–H and O–H groups in total. The molecule has 0 heterocycles. The normalized spacial score (nSPS) is 10.6. The van der Waals surface area contributed by atoms with Crippen LogP contribution in [0, 0.1) is 10.1 Å². The molecule has 1 aromatic carbocycles. The second kappa shape index (κ2) is 5.76. The molecule has 0 aromatic heterocycles. The fraction of sp³-hybridized carbons (Fsp3) is 0.333. The molecule has 0 aliphatic rings. The van der Waals surface area contributed by atoms with Crippen molar-refractivity contribution in [3.63, 3.8) is 0 Å². The number of methoxy groups -OCH3 is 1. The first-order valence-electron chi connectivity index (χ1n) is 4.49. The van der Waals surface area contributed by atoms with Crippen LogP contribution in [-0.4, -0.2) is 30.8 Å². The van der Waals surface area contributed by atoms with Crippen LogP contribution in [0.15, 0.2) is 34.6 Å². The van der Waals surface area contributed by atoms with E-state index in [9.17, 15) is 10.1 Å². The van der Waals surface area contributed by atoms with Crippen molar-refractivity contribution in [1.29, 1.82) is 0 Å². The lowest BCUT2D eigenvalue weighted by Gasteiger charge is -2.08. The Labute approximate surface area is 92.5 Å². The van der Waals surface area contributed by atoms with Gasteiger partial charge in [-0.15, -0.1) is 5.11 Å². The Balaban J connectivity index is 2.64. The molecule has 0 radical (unpaired) electrons. The molecule has 0 bridgehead atoms. The summed E-state index contributed by atoms with van der Waals surface area (Å²) in [6.45, 7) is 0.330. The quantitative estimate of drug-likeness (QED) is 0.332. The van der Waals surface area contributed by atoms with Crippen LogP contribution < -0.4 is 0 Å². The van der Waals surface area contributed by atoms with Gasteiger partial charge in [0.15, 0.2) is 0 Å². The zero-order valence-electron chi connectivity index (χ0n) is 9.03. The van der Waals surface area contributed by atoms with Crippen LogP contribution in [0.1, 0.15) is 0 Å². The zero-order chi connectivity index (χ0) is 12.0. The molecule has 0 spiro atoms. The topological polar surface area (TPSA) is 80.3 Å². The van der Waals surface area contributed by atoms with Crippen LogP contribution in [0.4, 0.5) is 11.4 Å². The first kappa shape index (κ1) is 12.1. The molecular formula is C9H12N4O3. The molecule has 0 fully saturated rings. The summed E-state index contributed by atoms with van der Waals surface area (Å²) in [7, 11) is 3.26. The minimum atomic E-state index is -0.460. The van der Waals surface area contributed by atoms with E-state index < -0.39 is 4.92 Å². The molecule has 16 heavy (non-hydrogen) atoms. The van der Waals surface area contributed by atoms with E-state index in [1.807, 2.05) is 0 Å². The number of nitrogens with zero attached hydrogens (tertiary/aromatic N) is 4. The van der Waals surface area contributed by atoms with E-state index in [0.717, 1.165) is 0 Å². The second-order valence-corrected chi connectivity index (χ2v) is 3.04. The fourth-order valence-corrected chi connectivity index (χ4v) is 0.982. The van der Waals surface area contributed by atoms with Crippen molar-refractivity contribution < 1.29 is 9.66 Å². The molecule has 1 rings (SSSR count). The van der Waals surface area contributed by atoms with E-state index in [2.05, 4.69) is 10.3 Å². The number of non-ortho nitro benzene ring substituents is 1. The molecular weight excluding hydrogens is 212 g/mol. The van der Waals surface area contributed by atoms with E-state index in [1.54, 1.807) is 14.2 Å². The number of rotatable bonds is 5. The van der Waals surface area contributed by atoms with Crippen molar-refractivity contribution in [3.8, 4) is 0 Å². The van der Waals surface area contributed by atoms with Gasteiger partial charge in [-0.1, -0.05) is 5.22 Å². The summed E-state index contributed by atoms with van der Waals surface area (Å²) in [5.41, 5.74) is 0.581. The van der Waals surface area contributed by atoms with Crippen LogP contribution in [0.3, 0.4) is 0 Å². The summed E-state index contributed by atoms with van der Waals surface area (Å²) in [6.07, 6.45) is 0. The average Bonchev–Trinajstić information content (AvgIpc) is 2.27. The molecule has 86 valence electrons. The molecule has 0 unspecified atom stereocenters. The summed E-state index contributed by atoms with van der Waals surface area (Å²) >= 11 is 0. The van der Waals surface area contributed by atoms with Crippen molar-refractivity contribution in [2.24, 2.45) is 10.3 Å². The van der Waals surface area contributed by atoms with Gasteiger partial charge in [0.25, 0.3) is 5.69 Å². The van der Waals surface area contributed by atoms with Gasteiger partial charge in [0.05, 0.1) is 10.6 Å². The SMILES string of the molecule is COCN(C)N=Nc1ccc([N+](=O)[O-])cc1. The summed E-state index contributed by atoms with van der Waals surface area (Å²) < 4.78 is 4.83. The van der Waals surface area contributed by atoms with E-state index in [4.69, 9.17) is 4.74 Å². The lowest BCUT2D eigenvalue weighted by atomic mass is 10.3. The van der Waals surface area contributed by atoms with Crippen molar-refractivity contribution in [1.82, 2.24) is 5.01 Å². The van der Waals surface area contributed by atoms with Crippen LogP contribution in [0.2, 0.25) is 0 Å². The number of hydrogen-bond acceptors (Lipinski definition) is 5. The van der Waals surface area contributed by atoms with Crippen LogP contribution in [0.25, 0.3) is 0 Å². The lowest BCUT2D eigenvalue weighted by Crippen LogP contribution is -2.12. The molecule has 0 aliphatic heterocycles. The Hall–Kier alpha value is -2.02. The van der Waals surface area contributed by atoms with Gasteiger partial charge in [-0.3, -0.25) is 15.1 Å². The molecule has 0 saturated heterocycles. The van der Waals surface area contributed by atoms with Crippen molar-refractivity contribution in [3.05, 3.63) is 34.4 Å². The first-order valence-corrected chi connectivity index (χ1v) is 4.49. The van der Waals surface area contributed by atoms with E-state index >= 15 is 0 Å². The Bertz CT molecular complexity index is 377. The van der Waals surface area contributed by atoms with Gasteiger partial charge in [0.1, 0.15) is 6.73 Å². The third kappa shape index (κ3) is 3.62. The second-order valence-electron chi connectivity index (χ2n) is 3.04. The van der Waals surface area contributed by atoms with E-state index in [0.29, 0.717) is 12.4 Å². The van der Waals surface area contributed by atoms with Crippen molar-refractivity contribution >= 4 is 11.4 Å². The highest BCUT2D eigenvalue weighted by molar-refractivity contribution is 5.43. The maximum atomic E-state index is 10.4. The Morgan fingerprint density at radius 1 is 1.44 bits per heavy atom. The van der Waals surface area contributed by atoms with Gasteiger partial charge >= 0.3 is 0 Å². The molecule has 0 aliphatic carbocycles. The van der Waals surface area contributed by atoms with Gasteiger partial charge in [-0.2, -0.15) is 0 Å². The molecule has 0 saturated carbocycles. The van der Waals surface area contributed by atoms with Gasteiger partial charge in [-0.25, -0.2) is 0 Å². The predicted molar refractivity (Wildman–Crippen MR) is 57.3 cm³/mol. The first-order chi connectivity index (χ1) is 7.63. The fourth-order valence-electron chi connectivity index (χ4n) is 0.982. The lowest BCUT2D eigenvalue weighted by molar-refractivity contribution is -0.384. The predicted octanol–water partition coefficient (Wildman–Crippen LogP) is 2.13. The van der Waals surface area contributed by atoms with Gasteiger partial charge in [-0.05, 0) is 12.1 Å². The van der Waals surface area contributed by atoms with Gasteiger partial charge in [0.2, 0.25) is 0 Å². The summed E-state index contributed by atoms with van der Waals surface area (Å²) in [5, 5.41) is 19.6. The highest BCUT2D eigenvalue weighted by atomic mass is 16.6. The van der Waals surface area contributed by atoms with Gasteiger partial charge in [0, 0.05) is 26.3 Å². The number of benzene rings is 1. The van der Waals surface area contributed by atoms with Crippen LogP contribution in [0.5, 0.6) is 0 Å². The highest BCUT2D eigenvalue weighted by Crippen LogP contribution is 2.18. The van der Waals surface area contributed by atoms with Gasteiger partial charge < -0.3 is 4.74 Å². The minimum absolute atomic E-state index is 0.0317. The third-order valence-electron chi connectivity index (χ3n) is 1.69. The standard InChI is InChI=1S/C9H12N4O3/c1-12(7-16-2)11-10-8-3-5-9(6-4-8)13(14)15/h3-6H,7H2,1-2H3.